The zero-order valence-electron chi connectivity index (χ0n) is 12.5. The summed E-state index contributed by atoms with van der Waals surface area (Å²) in [5.74, 6) is 1.15. The summed E-state index contributed by atoms with van der Waals surface area (Å²) in [6.07, 6.45) is 6.02. The fourth-order valence-corrected chi connectivity index (χ4v) is 3.76. The Kier molecular flexibility index (Phi) is 5.23. The third kappa shape index (κ3) is 3.48. The Morgan fingerprint density at radius 2 is 2.21 bits per heavy atom. The molecule has 0 aromatic rings. The molecule has 1 saturated heterocycles. The quantitative estimate of drug-likeness (QED) is 0.789. The van der Waals surface area contributed by atoms with E-state index < -0.39 is 0 Å². The van der Waals surface area contributed by atoms with Gasteiger partial charge in [0.05, 0.1) is 12.7 Å². The van der Waals surface area contributed by atoms with Crippen LogP contribution in [0.1, 0.15) is 39.0 Å². The molecule has 4 nitrogen and oxygen atoms in total. The van der Waals surface area contributed by atoms with Crippen LogP contribution in [0.3, 0.4) is 0 Å². The maximum Gasteiger partial charge on any atom is 0.0724 e. The van der Waals surface area contributed by atoms with Gasteiger partial charge in [0.2, 0.25) is 0 Å². The van der Waals surface area contributed by atoms with Crippen LogP contribution in [0.2, 0.25) is 0 Å². The van der Waals surface area contributed by atoms with Crippen molar-refractivity contribution in [3.8, 4) is 0 Å². The van der Waals surface area contributed by atoms with E-state index in [1.54, 1.807) is 0 Å². The molecule has 0 radical (unpaired) electrons. The summed E-state index contributed by atoms with van der Waals surface area (Å²) in [5, 5.41) is 9.49. The number of aliphatic hydroxyl groups excluding tert-OH is 1. The molecule has 1 aliphatic heterocycles. The molecular formula is C15H30N2O2. The zero-order valence-corrected chi connectivity index (χ0v) is 12.5. The molecule has 1 heterocycles. The molecule has 1 aliphatic carbocycles. The maximum atomic E-state index is 9.49. The van der Waals surface area contributed by atoms with Crippen LogP contribution < -0.4 is 5.73 Å². The van der Waals surface area contributed by atoms with Crippen LogP contribution in [0.4, 0.5) is 0 Å². The molecule has 4 heteroatoms. The van der Waals surface area contributed by atoms with Crippen molar-refractivity contribution < 1.29 is 9.84 Å². The van der Waals surface area contributed by atoms with Gasteiger partial charge in [0.15, 0.2) is 0 Å². The zero-order chi connectivity index (χ0) is 13.9. The standard InChI is InChI=1S/C15H30N2O2/c1-12-5-8-17(10-14(12)19-2)9-6-13-4-3-7-15(13,16)11-18/h12-14,18H,3-11,16H2,1-2H3. The third-order valence-electron chi connectivity index (χ3n) is 5.37. The molecule has 0 bridgehead atoms. The Hall–Kier alpha value is -0.160. The number of hydrogen-bond donors (Lipinski definition) is 2. The van der Waals surface area contributed by atoms with Crippen molar-refractivity contribution in [2.75, 3.05) is 33.4 Å². The fraction of sp³-hybridized carbons (Fsp3) is 1.00. The van der Waals surface area contributed by atoms with E-state index in [1.807, 2.05) is 7.11 Å². The number of ether oxygens (including phenoxy) is 1. The summed E-state index contributed by atoms with van der Waals surface area (Å²) < 4.78 is 5.56. The van der Waals surface area contributed by atoms with Crippen LogP contribution in [0.25, 0.3) is 0 Å². The summed E-state index contributed by atoms with van der Waals surface area (Å²) in [6.45, 7) is 5.72. The van der Waals surface area contributed by atoms with Gasteiger partial charge in [-0.1, -0.05) is 13.3 Å². The molecule has 0 aromatic carbocycles. The molecular weight excluding hydrogens is 240 g/mol. The Labute approximate surface area is 117 Å². The van der Waals surface area contributed by atoms with Crippen LogP contribution in [0.5, 0.6) is 0 Å². The second-order valence-electron chi connectivity index (χ2n) is 6.61. The summed E-state index contributed by atoms with van der Waals surface area (Å²) >= 11 is 0. The lowest BCUT2D eigenvalue weighted by molar-refractivity contribution is -0.00737. The van der Waals surface area contributed by atoms with E-state index >= 15 is 0 Å². The van der Waals surface area contributed by atoms with Crippen molar-refractivity contribution in [3.05, 3.63) is 0 Å². The topological polar surface area (TPSA) is 58.7 Å². The highest BCUT2D eigenvalue weighted by atomic mass is 16.5. The van der Waals surface area contributed by atoms with Gasteiger partial charge in [-0.25, -0.2) is 0 Å². The molecule has 4 atom stereocenters. The van der Waals surface area contributed by atoms with Crippen LogP contribution in [0, 0.1) is 11.8 Å². The van der Waals surface area contributed by atoms with Gasteiger partial charge in [-0.3, -0.25) is 0 Å². The van der Waals surface area contributed by atoms with Gasteiger partial charge in [-0.2, -0.15) is 0 Å². The summed E-state index contributed by atoms with van der Waals surface area (Å²) in [6, 6.07) is 0. The fourth-order valence-electron chi connectivity index (χ4n) is 3.76. The number of aliphatic hydroxyl groups is 1. The monoisotopic (exact) mass is 270 g/mol. The third-order valence-corrected chi connectivity index (χ3v) is 5.37. The first-order chi connectivity index (χ1) is 9.09. The minimum Gasteiger partial charge on any atom is -0.394 e. The van der Waals surface area contributed by atoms with Crippen molar-refractivity contribution in [2.24, 2.45) is 17.6 Å². The van der Waals surface area contributed by atoms with Crippen LogP contribution in [-0.4, -0.2) is 55.0 Å². The smallest absolute Gasteiger partial charge is 0.0724 e. The normalized spacial score (nSPS) is 40.7. The summed E-state index contributed by atoms with van der Waals surface area (Å²) in [5.41, 5.74) is 5.98. The Morgan fingerprint density at radius 1 is 1.42 bits per heavy atom. The molecule has 19 heavy (non-hydrogen) atoms. The SMILES string of the molecule is COC1CN(CCC2CCCC2(N)CO)CCC1C. The molecule has 4 unspecified atom stereocenters. The van der Waals surface area contributed by atoms with Gasteiger partial charge in [0.25, 0.3) is 0 Å². The molecule has 0 spiro atoms. The van der Waals surface area contributed by atoms with Gasteiger partial charge in [-0.05, 0) is 50.6 Å². The Morgan fingerprint density at radius 3 is 2.89 bits per heavy atom. The predicted octanol–water partition coefficient (Wildman–Crippen LogP) is 1.22. The average molecular weight is 270 g/mol. The Bertz CT molecular complexity index is 287. The number of piperidine rings is 1. The van der Waals surface area contributed by atoms with Gasteiger partial charge >= 0.3 is 0 Å². The first-order valence-electron chi connectivity index (χ1n) is 7.74. The number of likely N-dealkylation sites (tertiary alicyclic amines) is 1. The van der Waals surface area contributed by atoms with Gasteiger partial charge in [0, 0.05) is 19.2 Å². The largest absolute Gasteiger partial charge is 0.394 e. The number of methoxy groups -OCH3 is 1. The van der Waals surface area contributed by atoms with Crippen molar-refractivity contribution in [3.63, 3.8) is 0 Å². The maximum absolute atomic E-state index is 9.49. The molecule has 112 valence electrons. The minimum atomic E-state index is -0.316. The van der Waals surface area contributed by atoms with Crippen molar-refractivity contribution in [1.29, 1.82) is 0 Å². The highest BCUT2D eigenvalue weighted by Gasteiger charge is 2.39. The molecule has 2 aliphatic rings. The van der Waals surface area contributed by atoms with E-state index in [0.717, 1.165) is 25.9 Å². The van der Waals surface area contributed by atoms with Gasteiger partial charge in [-0.15, -0.1) is 0 Å². The van der Waals surface area contributed by atoms with E-state index in [9.17, 15) is 5.11 Å². The van der Waals surface area contributed by atoms with E-state index in [0.29, 0.717) is 17.9 Å². The average Bonchev–Trinajstić information content (AvgIpc) is 2.80. The molecule has 0 aromatic heterocycles. The van der Waals surface area contributed by atoms with Crippen LogP contribution >= 0.6 is 0 Å². The predicted molar refractivity (Wildman–Crippen MR) is 77.0 cm³/mol. The first kappa shape index (κ1) is 15.2. The lowest BCUT2D eigenvalue weighted by atomic mass is 9.86. The highest BCUT2D eigenvalue weighted by molar-refractivity contribution is 4.96. The molecule has 2 rings (SSSR count). The number of rotatable bonds is 5. The van der Waals surface area contributed by atoms with Gasteiger partial charge in [0.1, 0.15) is 0 Å². The van der Waals surface area contributed by atoms with E-state index in [4.69, 9.17) is 10.5 Å². The molecule has 1 saturated carbocycles. The first-order valence-corrected chi connectivity index (χ1v) is 7.74. The van der Waals surface area contributed by atoms with E-state index in [1.165, 1.54) is 25.8 Å². The van der Waals surface area contributed by atoms with E-state index in [-0.39, 0.29) is 12.1 Å². The Balaban J connectivity index is 1.79. The van der Waals surface area contributed by atoms with Gasteiger partial charge < -0.3 is 20.5 Å². The molecule has 2 fully saturated rings. The van der Waals surface area contributed by atoms with Crippen LogP contribution in [-0.2, 0) is 4.74 Å². The van der Waals surface area contributed by atoms with E-state index in [2.05, 4.69) is 11.8 Å². The lowest BCUT2D eigenvalue weighted by Gasteiger charge is -2.37. The number of hydrogen-bond acceptors (Lipinski definition) is 4. The second kappa shape index (κ2) is 6.53. The highest BCUT2D eigenvalue weighted by Crippen LogP contribution is 2.36. The number of nitrogens with two attached hydrogens (primary N) is 1. The molecule has 0 amide bonds. The minimum absolute atomic E-state index is 0.134. The molecule has 3 N–H and O–H groups in total. The van der Waals surface area contributed by atoms with Crippen molar-refractivity contribution in [1.82, 2.24) is 4.90 Å². The summed E-state index contributed by atoms with van der Waals surface area (Å²) in [7, 11) is 1.82. The van der Waals surface area contributed by atoms with Crippen LogP contribution in [0.15, 0.2) is 0 Å². The second-order valence-corrected chi connectivity index (χ2v) is 6.61. The van der Waals surface area contributed by atoms with Crippen molar-refractivity contribution in [2.45, 2.75) is 50.7 Å². The summed E-state index contributed by atoms with van der Waals surface area (Å²) in [4.78, 5) is 2.50. The lowest BCUT2D eigenvalue weighted by Crippen LogP contribution is -2.49. The van der Waals surface area contributed by atoms with Crippen molar-refractivity contribution >= 4 is 0 Å². The number of nitrogens with zero attached hydrogens (tertiary/aromatic N) is 1.